The topological polar surface area (TPSA) is 0 Å². The number of hydrogen-bond acceptors (Lipinski definition) is 0. The normalized spacial score (nSPS) is 13.4. The molecule has 0 aliphatic rings. The molecule has 0 heterocycles. The average Bonchev–Trinajstić information content (AvgIpc) is 2.26. The quantitative estimate of drug-likeness (QED) is 0.488. The first kappa shape index (κ1) is 17.4. The third-order valence-electron chi connectivity index (χ3n) is 3.52. The molecule has 0 amide bonds. The Hall–Kier alpha value is 0.381. The number of allylic oxidation sites excluding steroid dienone is 1. The first-order chi connectivity index (χ1) is 7.83. The SMILES string of the molecule is C#C[Si](C)/[C](=C(\CC)B(CC)CC)[Sn]([CH3])([CH3])[CH3]. The molecule has 0 rings (SSSR count). The standard InChI is InChI=1S/C11H19BSi.3CH3.Sn/c1-6-11(10-13(5)9-4)12(7-2)8-3;;;;/h4H,6-8H2,1-3,5H3;3*1H3;. The van der Waals surface area contributed by atoms with Crippen LogP contribution in [0.5, 0.6) is 0 Å². The molecule has 0 saturated heterocycles. The van der Waals surface area contributed by atoms with E-state index in [4.69, 9.17) is 6.42 Å². The minimum absolute atomic E-state index is 0.699. The van der Waals surface area contributed by atoms with Crippen LogP contribution in [0.15, 0.2) is 8.68 Å². The van der Waals surface area contributed by atoms with Crippen molar-refractivity contribution in [3.63, 3.8) is 0 Å². The summed E-state index contributed by atoms with van der Waals surface area (Å²) in [4.78, 5) is 7.56. The Morgan fingerprint density at radius 1 is 1.18 bits per heavy atom. The summed E-state index contributed by atoms with van der Waals surface area (Å²) in [5, 5.41) is 0. The number of hydrogen-bond donors (Lipinski definition) is 0. The molecule has 17 heavy (non-hydrogen) atoms. The molecule has 0 aromatic carbocycles. The Morgan fingerprint density at radius 2 is 1.65 bits per heavy atom. The van der Waals surface area contributed by atoms with Gasteiger partial charge in [0.25, 0.3) is 0 Å². The second kappa shape index (κ2) is 7.74. The third kappa shape index (κ3) is 4.87. The van der Waals surface area contributed by atoms with Crippen LogP contribution in [0.2, 0.25) is 34.0 Å². The molecule has 0 N–H and O–H groups in total. The van der Waals surface area contributed by atoms with E-state index in [1.807, 2.05) is 3.21 Å². The summed E-state index contributed by atoms with van der Waals surface area (Å²) in [5.41, 5.74) is 4.83. The van der Waals surface area contributed by atoms with Gasteiger partial charge in [-0.1, -0.05) is 0 Å². The molecule has 0 aliphatic carbocycles. The molecule has 0 spiro atoms. The van der Waals surface area contributed by atoms with Crippen LogP contribution < -0.4 is 0 Å². The molecular weight excluding hydrogens is 326 g/mol. The van der Waals surface area contributed by atoms with E-state index in [9.17, 15) is 0 Å². The van der Waals surface area contributed by atoms with Crippen molar-refractivity contribution in [3.05, 3.63) is 8.68 Å². The van der Waals surface area contributed by atoms with Gasteiger partial charge in [-0.2, -0.15) is 0 Å². The molecule has 0 unspecified atom stereocenters. The van der Waals surface area contributed by atoms with E-state index in [-0.39, 0.29) is 0 Å². The van der Waals surface area contributed by atoms with Gasteiger partial charge in [0.15, 0.2) is 0 Å². The minimum atomic E-state index is -2.03. The summed E-state index contributed by atoms with van der Waals surface area (Å²) in [6.07, 6.45) is 9.49. The molecule has 0 saturated carbocycles. The molecule has 0 nitrogen and oxygen atoms in total. The molecule has 0 aromatic heterocycles. The molecule has 3 heteroatoms. The fourth-order valence-electron chi connectivity index (χ4n) is 2.81. The molecule has 0 aliphatic heterocycles. The van der Waals surface area contributed by atoms with Gasteiger partial charge in [0.05, 0.1) is 0 Å². The van der Waals surface area contributed by atoms with Crippen LogP contribution in [0, 0.1) is 12.0 Å². The van der Waals surface area contributed by atoms with Crippen molar-refractivity contribution < 1.29 is 0 Å². The molecule has 0 fully saturated rings. The van der Waals surface area contributed by atoms with Crippen LogP contribution in [-0.2, 0) is 0 Å². The van der Waals surface area contributed by atoms with Crippen molar-refractivity contribution in [1.82, 2.24) is 0 Å². The molecule has 0 atom stereocenters. The van der Waals surface area contributed by atoms with Crippen LogP contribution in [0.25, 0.3) is 0 Å². The van der Waals surface area contributed by atoms with E-state index in [0.29, 0.717) is 0 Å². The van der Waals surface area contributed by atoms with E-state index >= 15 is 0 Å². The number of terminal acetylenes is 1. The zero-order chi connectivity index (χ0) is 13.6. The molecular formula is C14H28BSiSn. The maximum atomic E-state index is 5.74. The predicted molar refractivity (Wildman–Crippen MR) is 87.8 cm³/mol. The summed E-state index contributed by atoms with van der Waals surface area (Å²) in [6, 6.07) is 0. The Morgan fingerprint density at radius 3 is 1.88 bits per heavy atom. The van der Waals surface area contributed by atoms with Crippen molar-refractivity contribution in [3.8, 4) is 12.0 Å². The summed E-state index contributed by atoms with van der Waals surface area (Å²) in [7, 11) is -0.699. The second-order valence-electron chi connectivity index (χ2n) is 5.79. The van der Waals surface area contributed by atoms with Crippen molar-refractivity contribution in [2.75, 3.05) is 0 Å². The Bertz CT molecular complexity index is 305. The molecule has 0 bridgehead atoms. The van der Waals surface area contributed by atoms with Crippen LogP contribution in [-0.4, -0.2) is 33.9 Å². The van der Waals surface area contributed by atoms with Gasteiger partial charge in [0, 0.05) is 0 Å². The Kier molecular flexibility index (Phi) is 7.91. The van der Waals surface area contributed by atoms with E-state index in [2.05, 4.69) is 47.7 Å². The van der Waals surface area contributed by atoms with Crippen LogP contribution in [0.4, 0.5) is 0 Å². The van der Waals surface area contributed by atoms with E-state index in [1.54, 1.807) is 5.47 Å². The first-order valence-electron chi connectivity index (χ1n) is 6.87. The van der Waals surface area contributed by atoms with Gasteiger partial charge in [-0.25, -0.2) is 0 Å². The zero-order valence-electron chi connectivity index (χ0n) is 12.8. The Balaban J connectivity index is 5.70. The van der Waals surface area contributed by atoms with Crippen molar-refractivity contribution in [2.24, 2.45) is 0 Å². The predicted octanol–water partition coefficient (Wildman–Crippen LogP) is 4.48. The zero-order valence-corrected chi connectivity index (χ0v) is 16.6. The van der Waals surface area contributed by atoms with Gasteiger partial charge in [-0.3, -0.25) is 0 Å². The van der Waals surface area contributed by atoms with E-state index < -0.39 is 27.2 Å². The van der Waals surface area contributed by atoms with Gasteiger partial charge < -0.3 is 0 Å². The summed E-state index contributed by atoms with van der Waals surface area (Å²) >= 11 is -2.03. The maximum absolute atomic E-state index is 5.74. The summed E-state index contributed by atoms with van der Waals surface area (Å²) in [6.45, 7) is 10.0. The molecule has 1 radical (unpaired) electrons. The fourth-order valence-corrected chi connectivity index (χ4v) is 19.0. The van der Waals surface area contributed by atoms with Gasteiger partial charge in [0.1, 0.15) is 0 Å². The number of rotatable bonds is 6. The summed E-state index contributed by atoms with van der Waals surface area (Å²) in [5.74, 6) is 0. The average molecular weight is 354 g/mol. The van der Waals surface area contributed by atoms with Crippen molar-refractivity contribution in [2.45, 2.75) is 61.2 Å². The van der Waals surface area contributed by atoms with Gasteiger partial charge in [0.2, 0.25) is 0 Å². The van der Waals surface area contributed by atoms with Gasteiger partial charge >= 0.3 is 116 Å². The van der Waals surface area contributed by atoms with Gasteiger partial charge in [-0.05, 0) is 0 Å². The third-order valence-corrected chi connectivity index (χ3v) is 18.5. The molecule has 95 valence electrons. The van der Waals surface area contributed by atoms with Crippen LogP contribution >= 0.6 is 0 Å². The van der Waals surface area contributed by atoms with E-state index in [0.717, 1.165) is 6.71 Å². The van der Waals surface area contributed by atoms with Crippen molar-refractivity contribution >= 4 is 33.9 Å². The second-order valence-corrected chi connectivity index (χ2v) is 23.5. The summed E-state index contributed by atoms with van der Waals surface area (Å²) < 4.78 is 1.81. The fraction of sp³-hybridized carbons (Fsp3) is 0.714. The van der Waals surface area contributed by atoms with Crippen LogP contribution in [0.1, 0.15) is 27.2 Å². The Labute approximate surface area is 115 Å². The van der Waals surface area contributed by atoms with Crippen LogP contribution in [0.3, 0.4) is 0 Å². The van der Waals surface area contributed by atoms with Crippen molar-refractivity contribution in [1.29, 1.82) is 0 Å². The monoisotopic (exact) mass is 355 g/mol. The molecule has 0 aromatic rings. The van der Waals surface area contributed by atoms with E-state index in [1.165, 1.54) is 19.1 Å². The van der Waals surface area contributed by atoms with Gasteiger partial charge in [-0.15, -0.1) is 0 Å². The first-order valence-corrected chi connectivity index (χ1v) is 18.9.